The first-order chi connectivity index (χ1) is 14.0. The zero-order valence-corrected chi connectivity index (χ0v) is 19.4. The van der Waals surface area contributed by atoms with E-state index in [9.17, 15) is 27.1 Å². The van der Waals surface area contributed by atoms with Crippen LogP contribution in [0.15, 0.2) is 29.1 Å². The van der Waals surface area contributed by atoms with Crippen LogP contribution >= 0.6 is 22.6 Å². The number of halogens is 3. The highest BCUT2D eigenvalue weighted by Gasteiger charge is 2.55. The van der Waals surface area contributed by atoms with Crippen molar-refractivity contribution in [3.63, 3.8) is 0 Å². The molecule has 1 aromatic heterocycles. The highest BCUT2D eigenvalue weighted by Crippen LogP contribution is 2.48. The number of rotatable bonds is 8. The van der Waals surface area contributed by atoms with E-state index in [4.69, 9.17) is 0 Å². The van der Waals surface area contributed by atoms with Gasteiger partial charge < -0.3 is 10.4 Å². The molecule has 1 fully saturated rings. The van der Waals surface area contributed by atoms with E-state index in [-0.39, 0.29) is 34.7 Å². The van der Waals surface area contributed by atoms with Crippen molar-refractivity contribution in [2.24, 2.45) is 7.05 Å². The van der Waals surface area contributed by atoms with Gasteiger partial charge in [0.15, 0.2) is 0 Å². The molecule has 11 heteroatoms. The first-order valence-corrected chi connectivity index (χ1v) is 11.7. The Hall–Kier alpha value is -1.73. The molecule has 164 valence electrons. The van der Waals surface area contributed by atoms with Gasteiger partial charge >= 0.3 is 0 Å². The summed E-state index contributed by atoms with van der Waals surface area (Å²) in [6, 6.07) is 5.82. The number of pyridine rings is 1. The Bertz CT molecular complexity index is 1130. The minimum absolute atomic E-state index is 0.0635. The molecule has 0 bridgehead atoms. The Balaban J connectivity index is 2.01. The van der Waals surface area contributed by atoms with Gasteiger partial charge in [-0.15, -0.1) is 0 Å². The molecule has 30 heavy (non-hydrogen) atoms. The molecule has 1 atom stereocenters. The van der Waals surface area contributed by atoms with Crippen molar-refractivity contribution in [2.75, 3.05) is 16.7 Å². The molecule has 1 aliphatic carbocycles. The summed E-state index contributed by atoms with van der Waals surface area (Å²) in [5.74, 6) is -0.496. The lowest BCUT2D eigenvalue weighted by Crippen LogP contribution is -2.35. The molecule has 2 aromatic rings. The van der Waals surface area contributed by atoms with Gasteiger partial charge in [0.2, 0.25) is 10.0 Å². The molecule has 1 heterocycles. The minimum atomic E-state index is -4.01. The molecule has 0 spiro atoms. The van der Waals surface area contributed by atoms with Crippen LogP contribution in [0.25, 0.3) is 0 Å². The number of alkyl halides is 1. The third-order valence-electron chi connectivity index (χ3n) is 5.19. The lowest BCUT2D eigenvalue weighted by atomic mass is 10.2. The lowest BCUT2D eigenvalue weighted by molar-refractivity contribution is 0.127. The van der Waals surface area contributed by atoms with Gasteiger partial charge in [-0.05, 0) is 73.0 Å². The van der Waals surface area contributed by atoms with Gasteiger partial charge in [0.05, 0.1) is 22.2 Å². The quantitative estimate of drug-likeness (QED) is 0.437. The van der Waals surface area contributed by atoms with Gasteiger partial charge in [-0.3, -0.25) is 14.1 Å². The number of aryl methyl sites for hydroxylation is 1. The zero-order chi connectivity index (χ0) is 22.3. The smallest absolute Gasteiger partial charge is 0.254 e. The van der Waals surface area contributed by atoms with Crippen LogP contribution in [0, 0.1) is 16.3 Å². The summed E-state index contributed by atoms with van der Waals surface area (Å²) in [7, 11) is -2.57. The van der Waals surface area contributed by atoms with E-state index in [1.807, 2.05) is 22.6 Å². The second kappa shape index (κ2) is 8.42. The van der Waals surface area contributed by atoms with Gasteiger partial charge in [-0.1, -0.05) is 0 Å². The molecule has 1 saturated carbocycles. The molecule has 3 N–H and O–H groups in total. The number of hydrogen-bond acceptors (Lipinski definition) is 5. The maximum absolute atomic E-state index is 14.3. The predicted octanol–water partition coefficient (Wildman–Crippen LogP) is 3.18. The molecule has 0 aliphatic heterocycles. The van der Waals surface area contributed by atoms with Crippen LogP contribution in [-0.2, 0) is 17.1 Å². The zero-order valence-electron chi connectivity index (χ0n) is 16.4. The molecular formula is C19H22F2IN3O4S. The average molecular weight is 553 g/mol. The molecule has 0 radical (unpaired) electrons. The van der Waals surface area contributed by atoms with Crippen LogP contribution in [0.1, 0.15) is 24.8 Å². The summed E-state index contributed by atoms with van der Waals surface area (Å²) in [6.45, 7) is 0.504. The Morgan fingerprint density at radius 2 is 1.97 bits per heavy atom. The highest BCUT2D eigenvalue weighted by atomic mass is 127. The molecule has 1 aromatic carbocycles. The number of aromatic nitrogens is 1. The molecule has 0 unspecified atom stereocenters. The van der Waals surface area contributed by atoms with Crippen molar-refractivity contribution in [2.45, 2.75) is 37.0 Å². The molecule has 0 amide bonds. The lowest BCUT2D eigenvalue weighted by Gasteiger charge is -2.23. The van der Waals surface area contributed by atoms with Crippen LogP contribution in [-0.4, -0.2) is 35.6 Å². The number of benzene rings is 1. The van der Waals surface area contributed by atoms with Crippen LogP contribution in [0.2, 0.25) is 0 Å². The summed E-state index contributed by atoms with van der Waals surface area (Å²) in [6.07, 6.45) is -1.01. The van der Waals surface area contributed by atoms with Gasteiger partial charge in [0.25, 0.3) is 5.56 Å². The maximum atomic E-state index is 14.3. The van der Waals surface area contributed by atoms with E-state index < -0.39 is 33.4 Å². The number of aliphatic hydroxyl groups is 1. The molecule has 3 rings (SSSR count). The summed E-state index contributed by atoms with van der Waals surface area (Å²) >= 11 is 1.96. The Labute approximate surface area is 186 Å². The molecule has 0 saturated heterocycles. The fraction of sp³-hybridized carbons (Fsp3) is 0.421. The normalized spacial score (nSPS) is 16.2. The van der Waals surface area contributed by atoms with Crippen molar-refractivity contribution in [3.8, 4) is 0 Å². The Kier molecular flexibility index (Phi) is 6.44. The van der Waals surface area contributed by atoms with Crippen LogP contribution < -0.4 is 15.6 Å². The second-order valence-electron chi connectivity index (χ2n) is 7.50. The predicted molar refractivity (Wildman–Crippen MR) is 120 cm³/mol. The van der Waals surface area contributed by atoms with Crippen LogP contribution in [0.4, 0.5) is 26.0 Å². The minimum Gasteiger partial charge on any atom is -0.390 e. The van der Waals surface area contributed by atoms with E-state index in [1.165, 1.54) is 36.7 Å². The largest absolute Gasteiger partial charge is 0.390 e. The Morgan fingerprint density at radius 3 is 2.53 bits per heavy atom. The third kappa shape index (κ3) is 4.47. The fourth-order valence-corrected chi connectivity index (χ4v) is 5.47. The van der Waals surface area contributed by atoms with Gasteiger partial charge in [0, 0.05) is 16.2 Å². The molecular weight excluding hydrogens is 531 g/mol. The number of hydrogen-bond donors (Lipinski definition) is 3. The van der Waals surface area contributed by atoms with Crippen LogP contribution in [0.5, 0.6) is 0 Å². The van der Waals surface area contributed by atoms with Gasteiger partial charge in [0.1, 0.15) is 18.3 Å². The van der Waals surface area contributed by atoms with Crippen molar-refractivity contribution in [1.29, 1.82) is 0 Å². The van der Waals surface area contributed by atoms with E-state index in [0.717, 1.165) is 0 Å². The number of nitrogens with zero attached hydrogens (tertiary/aromatic N) is 1. The first kappa shape index (κ1) is 22.9. The van der Waals surface area contributed by atoms with Crippen molar-refractivity contribution in [3.05, 3.63) is 49.6 Å². The number of aliphatic hydroxyl groups excluding tert-OH is 1. The summed E-state index contributed by atoms with van der Waals surface area (Å²) < 4.78 is 56.2. The van der Waals surface area contributed by atoms with Gasteiger partial charge in [-0.2, -0.15) is 0 Å². The fourth-order valence-electron chi connectivity index (χ4n) is 3.30. The summed E-state index contributed by atoms with van der Waals surface area (Å²) in [5.41, 5.74) is 0.0510. The topological polar surface area (TPSA) is 100 Å². The monoisotopic (exact) mass is 553 g/mol. The Morgan fingerprint density at radius 1 is 1.30 bits per heavy atom. The molecule has 7 nitrogen and oxygen atoms in total. The number of sulfonamides is 1. The van der Waals surface area contributed by atoms with E-state index in [2.05, 4.69) is 10.0 Å². The van der Waals surface area contributed by atoms with E-state index >= 15 is 0 Å². The number of anilines is 3. The first-order valence-electron chi connectivity index (χ1n) is 9.19. The highest BCUT2D eigenvalue weighted by molar-refractivity contribution is 14.1. The third-order valence-corrected chi connectivity index (χ3v) is 8.06. The summed E-state index contributed by atoms with van der Waals surface area (Å²) in [5, 5.41) is 12.4. The van der Waals surface area contributed by atoms with Crippen LogP contribution in [0.3, 0.4) is 0 Å². The molecule has 1 aliphatic rings. The van der Waals surface area contributed by atoms with E-state index in [0.29, 0.717) is 16.4 Å². The van der Waals surface area contributed by atoms with E-state index in [1.54, 1.807) is 6.07 Å². The van der Waals surface area contributed by atoms with Crippen molar-refractivity contribution in [1.82, 2.24) is 4.57 Å². The average Bonchev–Trinajstić information content (AvgIpc) is 3.45. The van der Waals surface area contributed by atoms with Crippen molar-refractivity contribution >= 4 is 49.8 Å². The number of nitrogens with one attached hydrogen (secondary N) is 2. The van der Waals surface area contributed by atoms with Gasteiger partial charge in [-0.25, -0.2) is 17.2 Å². The SMILES string of the molecule is Cc1cc(NS(=O)(=O)C2(C[C@H](O)CF)CC2)c(Nc2ccc(I)cc2F)n(C)c1=O. The second-order valence-corrected chi connectivity index (χ2v) is 10.8. The van der Waals surface area contributed by atoms with Crippen molar-refractivity contribution < 1.29 is 22.3 Å². The summed E-state index contributed by atoms with van der Waals surface area (Å²) in [4.78, 5) is 12.4. The maximum Gasteiger partial charge on any atom is 0.254 e. The standard InChI is InChI=1S/C19H22F2IN3O4S/c1-11-7-16(24-30(28,29)19(5-6-19)9-13(26)10-20)17(25(2)18(11)27)23-15-4-3-12(22)8-14(15)21/h3-4,7-8,13,23-24,26H,5-6,9-10H2,1-2H3/t13-/m0/s1.